The van der Waals surface area contributed by atoms with Gasteiger partial charge in [0.1, 0.15) is 0 Å². The van der Waals surface area contributed by atoms with Gasteiger partial charge >= 0.3 is 0 Å². The highest BCUT2D eigenvalue weighted by atomic mass is 15.1. The minimum absolute atomic E-state index is 0.928. The first-order valence-corrected chi connectivity index (χ1v) is 7.65. The molecule has 0 saturated carbocycles. The smallest absolute Gasteiger partial charge is 0.0727 e. The molecule has 0 aliphatic heterocycles. The van der Waals surface area contributed by atoms with Gasteiger partial charge in [0.2, 0.25) is 0 Å². The highest BCUT2D eigenvalue weighted by Crippen LogP contribution is 2.28. The lowest BCUT2D eigenvalue weighted by atomic mass is 10.1. The van der Waals surface area contributed by atoms with Gasteiger partial charge < -0.3 is 10.2 Å². The summed E-state index contributed by atoms with van der Waals surface area (Å²) in [4.78, 5) is 7.09. The van der Waals surface area contributed by atoms with Gasteiger partial charge in [0.25, 0.3) is 0 Å². The summed E-state index contributed by atoms with van der Waals surface area (Å²) in [6, 6.07) is 8.76. The highest BCUT2D eigenvalue weighted by molar-refractivity contribution is 5.94. The maximum atomic E-state index is 4.73. The van der Waals surface area contributed by atoms with E-state index in [9.17, 15) is 0 Å². The largest absolute Gasteiger partial charge is 0.385 e. The molecule has 3 heteroatoms. The van der Waals surface area contributed by atoms with Crippen LogP contribution < -0.4 is 10.2 Å². The Hall–Kier alpha value is -1.77. The zero-order valence-electron chi connectivity index (χ0n) is 13.0. The predicted molar refractivity (Wildman–Crippen MR) is 88.8 cm³/mol. The standard InChI is InChI=1S/C17H25N3/c1-5-13-11-17(18-6-2)15-12-14(20(7-3)8-4)9-10-16(15)19-13/h9-12H,5-8H2,1-4H3,(H,18,19). The average Bonchev–Trinajstić information content (AvgIpc) is 2.48. The number of pyridine rings is 1. The molecule has 1 aromatic carbocycles. The van der Waals surface area contributed by atoms with Crippen molar-refractivity contribution >= 4 is 22.3 Å². The first kappa shape index (κ1) is 14.6. The molecule has 108 valence electrons. The Morgan fingerprint density at radius 3 is 2.40 bits per heavy atom. The van der Waals surface area contributed by atoms with Crippen molar-refractivity contribution in [3.63, 3.8) is 0 Å². The van der Waals surface area contributed by atoms with Crippen LogP contribution >= 0.6 is 0 Å². The fourth-order valence-electron chi connectivity index (χ4n) is 2.57. The number of anilines is 2. The number of aromatic nitrogens is 1. The number of fused-ring (bicyclic) bond motifs is 1. The first-order valence-electron chi connectivity index (χ1n) is 7.65. The van der Waals surface area contributed by atoms with Crippen LogP contribution in [0.4, 0.5) is 11.4 Å². The number of nitrogens with zero attached hydrogens (tertiary/aromatic N) is 2. The lowest BCUT2D eigenvalue weighted by Gasteiger charge is -2.22. The number of hydrogen-bond donors (Lipinski definition) is 1. The highest BCUT2D eigenvalue weighted by Gasteiger charge is 2.08. The van der Waals surface area contributed by atoms with Gasteiger partial charge in [-0.2, -0.15) is 0 Å². The molecule has 0 atom stereocenters. The number of nitrogens with one attached hydrogen (secondary N) is 1. The molecular weight excluding hydrogens is 246 g/mol. The van der Waals surface area contributed by atoms with Crippen LogP contribution in [0.25, 0.3) is 10.9 Å². The predicted octanol–water partition coefficient (Wildman–Crippen LogP) is 4.08. The molecule has 0 aliphatic rings. The van der Waals surface area contributed by atoms with Crippen molar-refractivity contribution in [2.75, 3.05) is 29.9 Å². The van der Waals surface area contributed by atoms with Crippen LogP contribution in [0, 0.1) is 0 Å². The summed E-state index contributed by atoms with van der Waals surface area (Å²) < 4.78 is 0. The number of aryl methyl sites for hydroxylation is 1. The SMILES string of the molecule is CCNc1cc(CC)nc2ccc(N(CC)CC)cc12. The Morgan fingerprint density at radius 2 is 1.80 bits per heavy atom. The van der Waals surface area contributed by atoms with E-state index >= 15 is 0 Å². The summed E-state index contributed by atoms with van der Waals surface area (Å²) in [5.41, 5.74) is 4.69. The Balaban J connectivity index is 2.56. The van der Waals surface area contributed by atoms with Crippen LogP contribution in [0.1, 0.15) is 33.4 Å². The summed E-state index contributed by atoms with van der Waals surface area (Å²) in [6.07, 6.45) is 0.964. The number of benzene rings is 1. The molecule has 0 bridgehead atoms. The van der Waals surface area contributed by atoms with Crippen molar-refractivity contribution in [2.24, 2.45) is 0 Å². The third kappa shape index (κ3) is 2.87. The van der Waals surface area contributed by atoms with Gasteiger partial charge in [-0.15, -0.1) is 0 Å². The topological polar surface area (TPSA) is 28.2 Å². The van der Waals surface area contributed by atoms with Crippen LogP contribution in [0.5, 0.6) is 0 Å². The second kappa shape index (κ2) is 6.60. The van der Waals surface area contributed by atoms with Gasteiger partial charge in [0, 0.05) is 42.1 Å². The molecule has 0 radical (unpaired) electrons. The summed E-state index contributed by atoms with van der Waals surface area (Å²) in [5, 5.41) is 4.69. The van der Waals surface area contributed by atoms with Gasteiger partial charge in [-0.1, -0.05) is 6.92 Å². The van der Waals surface area contributed by atoms with E-state index in [1.54, 1.807) is 0 Å². The van der Waals surface area contributed by atoms with E-state index < -0.39 is 0 Å². The van der Waals surface area contributed by atoms with Crippen molar-refractivity contribution in [3.05, 3.63) is 30.0 Å². The third-order valence-corrected chi connectivity index (χ3v) is 3.70. The molecule has 1 aromatic heterocycles. The zero-order valence-corrected chi connectivity index (χ0v) is 13.0. The van der Waals surface area contributed by atoms with Crippen molar-refractivity contribution in [2.45, 2.75) is 34.1 Å². The molecule has 0 unspecified atom stereocenters. The minimum atomic E-state index is 0.928. The summed E-state index contributed by atoms with van der Waals surface area (Å²) in [5.74, 6) is 0. The zero-order chi connectivity index (χ0) is 14.5. The lowest BCUT2D eigenvalue weighted by Crippen LogP contribution is -2.21. The quantitative estimate of drug-likeness (QED) is 0.858. The maximum Gasteiger partial charge on any atom is 0.0727 e. The van der Waals surface area contributed by atoms with Crippen molar-refractivity contribution in [3.8, 4) is 0 Å². The second-order valence-corrected chi connectivity index (χ2v) is 4.92. The second-order valence-electron chi connectivity index (χ2n) is 4.92. The van der Waals surface area contributed by atoms with Gasteiger partial charge in [-0.3, -0.25) is 4.98 Å². The minimum Gasteiger partial charge on any atom is -0.385 e. The van der Waals surface area contributed by atoms with Crippen LogP contribution in [0.15, 0.2) is 24.3 Å². The summed E-state index contributed by atoms with van der Waals surface area (Å²) in [6.45, 7) is 11.6. The lowest BCUT2D eigenvalue weighted by molar-refractivity contribution is 0.867. The van der Waals surface area contributed by atoms with E-state index in [2.05, 4.69) is 62.2 Å². The van der Waals surface area contributed by atoms with E-state index in [1.165, 1.54) is 16.8 Å². The normalized spacial score (nSPS) is 10.8. The summed E-state index contributed by atoms with van der Waals surface area (Å²) >= 11 is 0. The molecular formula is C17H25N3. The summed E-state index contributed by atoms with van der Waals surface area (Å²) in [7, 11) is 0. The molecule has 0 aliphatic carbocycles. The first-order chi connectivity index (χ1) is 9.73. The molecule has 0 amide bonds. The number of hydrogen-bond acceptors (Lipinski definition) is 3. The van der Waals surface area contributed by atoms with Crippen molar-refractivity contribution in [1.82, 2.24) is 4.98 Å². The molecule has 2 rings (SSSR count). The molecule has 2 aromatic rings. The van der Waals surface area contributed by atoms with Crippen LogP contribution in [-0.2, 0) is 6.42 Å². The number of rotatable bonds is 6. The molecule has 3 nitrogen and oxygen atoms in total. The molecule has 0 fully saturated rings. The van der Waals surface area contributed by atoms with E-state index in [0.29, 0.717) is 0 Å². The van der Waals surface area contributed by atoms with Crippen molar-refractivity contribution < 1.29 is 0 Å². The van der Waals surface area contributed by atoms with Gasteiger partial charge in [0.15, 0.2) is 0 Å². The monoisotopic (exact) mass is 271 g/mol. The third-order valence-electron chi connectivity index (χ3n) is 3.70. The Kier molecular flexibility index (Phi) is 4.83. The average molecular weight is 271 g/mol. The van der Waals surface area contributed by atoms with Crippen LogP contribution in [0.2, 0.25) is 0 Å². The Bertz CT molecular complexity index is 574. The van der Waals surface area contributed by atoms with E-state index in [4.69, 9.17) is 4.98 Å². The van der Waals surface area contributed by atoms with Crippen molar-refractivity contribution in [1.29, 1.82) is 0 Å². The fraction of sp³-hybridized carbons (Fsp3) is 0.471. The molecule has 1 heterocycles. The molecule has 0 spiro atoms. The van der Waals surface area contributed by atoms with Gasteiger partial charge in [-0.25, -0.2) is 0 Å². The van der Waals surface area contributed by atoms with E-state index in [1.807, 2.05) is 0 Å². The van der Waals surface area contributed by atoms with E-state index in [-0.39, 0.29) is 0 Å². The van der Waals surface area contributed by atoms with Crippen LogP contribution in [-0.4, -0.2) is 24.6 Å². The molecule has 20 heavy (non-hydrogen) atoms. The van der Waals surface area contributed by atoms with E-state index in [0.717, 1.165) is 37.3 Å². The Labute approximate surface area is 122 Å². The maximum absolute atomic E-state index is 4.73. The molecule has 0 saturated heterocycles. The Morgan fingerprint density at radius 1 is 1.05 bits per heavy atom. The van der Waals surface area contributed by atoms with Crippen LogP contribution in [0.3, 0.4) is 0 Å². The molecule has 1 N–H and O–H groups in total. The van der Waals surface area contributed by atoms with Gasteiger partial charge in [-0.05, 0) is 51.5 Å². The van der Waals surface area contributed by atoms with Gasteiger partial charge in [0.05, 0.1) is 5.52 Å². The fourth-order valence-corrected chi connectivity index (χ4v) is 2.57.